The van der Waals surface area contributed by atoms with Crippen molar-refractivity contribution in [2.75, 3.05) is 4.90 Å². The molecule has 0 bridgehead atoms. The number of nitrogens with zero attached hydrogens (tertiary/aromatic N) is 2. The third kappa shape index (κ3) is 5.17. The minimum atomic E-state index is -1.01. The fourth-order valence-electron chi connectivity index (χ4n) is 10.1. The first-order chi connectivity index (χ1) is 29.8. The van der Waals surface area contributed by atoms with Crippen molar-refractivity contribution in [1.29, 1.82) is 0 Å². The quantitative estimate of drug-likeness (QED) is 0.0877. The molecule has 3 aliphatic rings. The van der Waals surface area contributed by atoms with Gasteiger partial charge in [-0.2, -0.15) is 0 Å². The molecule has 294 valence electrons. The number of fused-ring (bicyclic) bond motifs is 11. The Morgan fingerprint density at radius 2 is 1.11 bits per heavy atom. The van der Waals surface area contributed by atoms with Crippen LogP contribution in [-0.2, 0) is 12.8 Å². The second-order valence-electron chi connectivity index (χ2n) is 16.4. The Bertz CT molecular complexity index is 3380. The summed E-state index contributed by atoms with van der Waals surface area (Å²) < 4.78 is 2.48. The summed E-state index contributed by atoms with van der Waals surface area (Å²) in [6.07, 6.45) is 11.4. The fraction of sp³-hybridized carbons (Fsp3) is 0.0741. The lowest BCUT2D eigenvalue weighted by atomic mass is 9.95. The average Bonchev–Trinajstić information content (AvgIpc) is 3.98. The monoisotopic (exact) mass is 794 g/mol. The number of aromatic hydroxyl groups is 5. The molecule has 9 aromatic rings. The molecular weight excluding hydrogens is 757 g/mol. The summed E-state index contributed by atoms with van der Waals surface area (Å²) in [6, 6.07) is 46.7. The molecule has 0 amide bonds. The predicted molar refractivity (Wildman–Crippen MR) is 244 cm³/mol. The van der Waals surface area contributed by atoms with Gasteiger partial charge in [-0.05, 0) is 134 Å². The van der Waals surface area contributed by atoms with Gasteiger partial charge in [-0.15, -0.1) is 0 Å². The van der Waals surface area contributed by atoms with Crippen LogP contribution in [0, 0.1) is 0 Å². The van der Waals surface area contributed by atoms with Crippen LogP contribution in [0.2, 0.25) is 0 Å². The second-order valence-corrected chi connectivity index (χ2v) is 16.4. The zero-order valence-electron chi connectivity index (χ0n) is 32.8. The van der Waals surface area contributed by atoms with Gasteiger partial charge in [0, 0.05) is 27.7 Å². The molecule has 0 saturated carbocycles. The highest BCUT2D eigenvalue weighted by atomic mass is 16.4. The van der Waals surface area contributed by atoms with Gasteiger partial charge in [-0.25, -0.2) is 0 Å². The molecule has 5 N–H and O–H groups in total. The van der Waals surface area contributed by atoms with Gasteiger partial charge in [0.05, 0.1) is 11.6 Å². The number of hydrogen-bond donors (Lipinski definition) is 5. The molecular formula is C54H38N2O5. The lowest BCUT2D eigenvalue weighted by Gasteiger charge is -2.28. The molecule has 1 aromatic heterocycles. The molecule has 61 heavy (non-hydrogen) atoms. The number of phenols is 5. The number of benzene rings is 8. The van der Waals surface area contributed by atoms with E-state index >= 15 is 0 Å². The molecule has 7 heteroatoms. The van der Waals surface area contributed by atoms with Crippen molar-refractivity contribution in [2.45, 2.75) is 25.3 Å². The van der Waals surface area contributed by atoms with Crippen LogP contribution in [0.1, 0.15) is 34.7 Å². The van der Waals surface area contributed by atoms with Crippen molar-refractivity contribution in [1.82, 2.24) is 4.57 Å². The first-order valence-electron chi connectivity index (χ1n) is 20.6. The van der Waals surface area contributed by atoms with Crippen molar-refractivity contribution in [3.05, 3.63) is 180 Å². The molecule has 3 aliphatic carbocycles. The normalized spacial score (nSPS) is 14.7. The fourth-order valence-corrected chi connectivity index (χ4v) is 10.1. The van der Waals surface area contributed by atoms with E-state index < -0.39 is 28.7 Å². The molecule has 1 atom stereocenters. The highest BCUT2D eigenvalue weighted by Crippen LogP contribution is 2.58. The summed E-state index contributed by atoms with van der Waals surface area (Å²) >= 11 is 0. The summed E-state index contributed by atoms with van der Waals surface area (Å²) in [7, 11) is 0. The Labute approximate surface area is 350 Å². The molecule has 0 saturated heterocycles. The number of hydrogen-bond acceptors (Lipinski definition) is 6. The number of allylic oxidation sites excluding steroid dienone is 4. The van der Waals surface area contributed by atoms with E-state index in [1.807, 2.05) is 54.6 Å². The first kappa shape index (κ1) is 35.1. The van der Waals surface area contributed by atoms with Crippen LogP contribution < -0.4 is 4.90 Å². The molecule has 0 spiro atoms. The summed E-state index contributed by atoms with van der Waals surface area (Å²) in [4.78, 5) is 1.58. The van der Waals surface area contributed by atoms with Crippen LogP contribution in [0.25, 0.3) is 66.0 Å². The smallest absolute Gasteiger partial charge is 0.208 e. The largest absolute Gasteiger partial charge is 0.503 e. The number of aromatic nitrogens is 1. The van der Waals surface area contributed by atoms with Gasteiger partial charge in [0.15, 0.2) is 11.5 Å². The van der Waals surface area contributed by atoms with Crippen LogP contribution in [0.5, 0.6) is 28.7 Å². The van der Waals surface area contributed by atoms with Gasteiger partial charge in [-0.3, -0.25) is 0 Å². The van der Waals surface area contributed by atoms with Gasteiger partial charge in [-0.1, -0.05) is 109 Å². The van der Waals surface area contributed by atoms with E-state index in [1.54, 1.807) is 4.90 Å². The standard InChI is InChI=1S/C54H38N2O5/c57-50-49(51(58)53(60)54(61)52(50)59)55(39-22-18-34-24-32-8-4-6-12-40(32)42(34)28-39)38-20-16-30(17-21-38)31-19-23-46-44(26-31)45-29-43-35(27-47(45)56(46)37-10-2-1-3-11-37)14-15-36-25-33-9-5-7-13-41(33)48(36)43/h1-10,12-23,26-29,37,57-61H,11,24-25H2. The zero-order valence-corrected chi connectivity index (χ0v) is 32.8. The lowest BCUT2D eigenvalue weighted by molar-refractivity contribution is 0.329. The summed E-state index contributed by atoms with van der Waals surface area (Å²) in [5.41, 5.74) is 15.0. The lowest BCUT2D eigenvalue weighted by Crippen LogP contribution is -2.11. The molecule has 7 nitrogen and oxygen atoms in total. The number of rotatable bonds is 5. The van der Waals surface area contributed by atoms with Gasteiger partial charge in [0.1, 0.15) is 5.69 Å². The van der Waals surface area contributed by atoms with Crippen LogP contribution in [0.3, 0.4) is 0 Å². The summed E-state index contributed by atoms with van der Waals surface area (Å²) in [6.45, 7) is 0. The van der Waals surface area contributed by atoms with Crippen molar-refractivity contribution in [3.63, 3.8) is 0 Å². The average molecular weight is 795 g/mol. The molecule has 0 aliphatic heterocycles. The minimum absolute atomic E-state index is 0.174. The Morgan fingerprint density at radius 3 is 1.89 bits per heavy atom. The van der Waals surface area contributed by atoms with Gasteiger partial charge in [0.25, 0.3) is 0 Å². The Hall–Kier alpha value is -7.90. The van der Waals surface area contributed by atoms with Crippen LogP contribution in [-0.4, -0.2) is 30.1 Å². The zero-order chi connectivity index (χ0) is 41.1. The van der Waals surface area contributed by atoms with Crippen LogP contribution in [0.4, 0.5) is 17.1 Å². The van der Waals surface area contributed by atoms with Crippen LogP contribution in [0.15, 0.2) is 158 Å². The maximum absolute atomic E-state index is 11.3. The van der Waals surface area contributed by atoms with E-state index in [1.165, 1.54) is 49.5 Å². The number of phenolic OH excluding ortho intramolecular Hbond substituents is 5. The third-order valence-electron chi connectivity index (χ3n) is 13.1. The van der Waals surface area contributed by atoms with Gasteiger partial charge < -0.3 is 35.0 Å². The molecule has 0 fully saturated rings. The Balaban J connectivity index is 1.02. The van der Waals surface area contributed by atoms with Crippen molar-refractivity contribution in [3.8, 4) is 62.1 Å². The maximum atomic E-state index is 11.3. The number of anilines is 3. The first-order valence-corrected chi connectivity index (χ1v) is 20.6. The molecule has 1 unspecified atom stereocenters. The van der Waals surface area contributed by atoms with Crippen molar-refractivity contribution < 1.29 is 25.5 Å². The van der Waals surface area contributed by atoms with Gasteiger partial charge >= 0.3 is 0 Å². The van der Waals surface area contributed by atoms with Crippen LogP contribution >= 0.6 is 0 Å². The molecule has 8 aromatic carbocycles. The van der Waals surface area contributed by atoms with E-state index in [9.17, 15) is 25.5 Å². The van der Waals surface area contributed by atoms with E-state index in [4.69, 9.17) is 0 Å². The summed E-state index contributed by atoms with van der Waals surface area (Å²) in [5, 5.41) is 59.1. The summed E-state index contributed by atoms with van der Waals surface area (Å²) in [5.74, 6) is -4.43. The van der Waals surface area contributed by atoms with Crippen molar-refractivity contribution >= 4 is 49.6 Å². The predicted octanol–water partition coefficient (Wildman–Crippen LogP) is 12.8. The van der Waals surface area contributed by atoms with Crippen molar-refractivity contribution in [2.24, 2.45) is 0 Å². The Morgan fingerprint density at radius 1 is 0.475 bits per heavy atom. The highest BCUT2D eigenvalue weighted by Gasteiger charge is 2.31. The molecule has 12 rings (SSSR count). The van der Waals surface area contributed by atoms with E-state index in [2.05, 4.69) is 108 Å². The molecule has 1 heterocycles. The minimum Gasteiger partial charge on any atom is -0.503 e. The maximum Gasteiger partial charge on any atom is 0.208 e. The SMILES string of the molecule is Oc1c(O)c(O)c(N(c2ccc(-c3ccc4c(c3)c3cc5c6c(ccc5cc3n4C3C=CC=CC3)Cc3ccccc3-6)cc2)c2ccc3c(c2)-c2ccccc2C3)c(O)c1O. The van der Waals surface area contributed by atoms with E-state index in [-0.39, 0.29) is 11.7 Å². The second kappa shape index (κ2) is 13.1. The molecule has 0 radical (unpaired) electrons. The van der Waals surface area contributed by atoms with E-state index in [0.717, 1.165) is 58.0 Å². The van der Waals surface area contributed by atoms with E-state index in [0.29, 0.717) is 11.4 Å². The highest BCUT2D eigenvalue weighted by molar-refractivity contribution is 6.16. The third-order valence-corrected chi connectivity index (χ3v) is 13.1. The Kier molecular flexibility index (Phi) is 7.51. The van der Waals surface area contributed by atoms with Gasteiger partial charge in [0.2, 0.25) is 17.2 Å². The topological polar surface area (TPSA) is 109 Å².